The standard InChI is InChI=1S/C15H21N3O4/c1-10-5-3-6-12(11(10)2)17-14(19)9-22-13-7-4-8-16-15(13)18(20)21/h4,7-8,10-12H,3,5-6,9H2,1-2H3,(H,17,19). The van der Waals surface area contributed by atoms with Crippen molar-refractivity contribution in [1.82, 2.24) is 10.3 Å². The highest BCUT2D eigenvalue weighted by Gasteiger charge is 2.28. The normalized spacial score (nSPS) is 24.5. The molecule has 1 amide bonds. The Hall–Kier alpha value is -2.18. The van der Waals surface area contributed by atoms with E-state index in [1.54, 1.807) is 0 Å². The predicted molar refractivity (Wildman–Crippen MR) is 80.5 cm³/mol. The molecule has 1 aromatic rings. The van der Waals surface area contributed by atoms with Crippen molar-refractivity contribution in [2.24, 2.45) is 11.8 Å². The largest absolute Gasteiger partial charge is 0.476 e. The summed E-state index contributed by atoms with van der Waals surface area (Å²) in [7, 11) is 0. The van der Waals surface area contributed by atoms with E-state index in [4.69, 9.17) is 4.74 Å². The van der Waals surface area contributed by atoms with Crippen LogP contribution in [-0.4, -0.2) is 28.5 Å². The van der Waals surface area contributed by atoms with Crippen molar-refractivity contribution in [2.75, 3.05) is 6.61 Å². The third-order valence-electron chi connectivity index (χ3n) is 4.34. The van der Waals surface area contributed by atoms with Crippen LogP contribution < -0.4 is 10.1 Å². The zero-order valence-electron chi connectivity index (χ0n) is 12.8. The molecule has 22 heavy (non-hydrogen) atoms. The minimum Gasteiger partial charge on any atom is -0.476 e. The number of carbonyl (C=O) groups excluding carboxylic acids is 1. The summed E-state index contributed by atoms with van der Waals surface area (Å²) in [5, 5.41) is 13.8. The van der Waals surface area contributed by atoms with E-state index >= 15 is 0 Å². The van der Waals surface area contributed by atoms with Crippen molar-refractivity contribution in [2.45, 2.75) is 39.2 Å². The lowest BCUT2D eigenvalue weighted by Gasteiger charge is -2.34. The lowest BCUT2D eigenvalue weighted by atomic mass is 9.78. The second-order valence-corrected chi connectivity index (χ2v) is 5.81. The number of rotatable bonds is 5. The quantitative estimate of drug-likeness (QED) is 0.665. The van der Waals surface area contributed by atoms with Crippen LogP contribution in [0.3, 0.4) is 0 Å². The van der Waals surface area contributed by atoms with E-state index in [9.17, 15) is 14.9 Å². The molecule has 0 radical (unpaired) electrons. The van der Waals surface area contributed by atoms with Gasteiger partial charge in [0, 0.05) is 6.04 Å². The minimum absolute atomic E-state index is 0.00714. The molecule has 1 N–H and O–H groups in total. The Kier molecular flexibility index (Phi) is 5.30. The first-order valence-electron chi connectivity index (χ1n) is 7.50. The molecule has 0 saturated heterocycles. The van der Waals surface area contributed by atoms with E-state index in [2.05, 4.69) is 24.1 Å². The predicted octanol–water partition coefficient (Wildman–Crippen LogP) is 2.31. The van der Waals surface area contributed by atoms with Gasteiger partial charge in [0.05, 0.1) is 0 Å². The first-order valence-corrected chi connectivity index (χ1v) is 7.50. The SMILES string of the molecule is CC1CCCC(NC(=O)COc2cccnc2[N+](=O)[O-])C1C. The maximum atomic E-state index is 12.0. The Labute approximate surface area is 129 Å². The summed E-state index contributed by atoms with van der Waals surface area (Å²) in [6.45, 7) is 4.09. The number of amides is 1. The van der Waals surface area contributed by atoms with Gasteiger partial charge in [0.25, 0.3) is 5.91 Å². The molecule has 0 aliphatic heterocycles. The first-order chi connectivity index (χ1) is 10.5. The Bertz CT molecular complexity index is 549. The van der Waals surface area contributed by atoms with Gasteiger partial charge < -0.3 is 20.2 Å². The van der Waals surface area contributed by atoms with Crippen LogP contribution >= 0.6 is 0 Å². The minimum atomic E-state index is -0.627. The van der Waals surface area contributed by atoms with E-state index in [1.807, 2.05) is 0 Å². The summed E-state index contributed by atoms with van der Waals surface area (Å²) in [6.07, 6.45) is 4.57. The fourth-order valence-electron chi connectivity index (χ4n) is 2.81. The molecule has 7 nitrogen and oxygen atoms in total. The lowest BCUT2D eigenvalue weighted by molar-refractivity contribution is -0.390. The summed E-state index contributed by atoms with van der Waals surface area (Å²) in [6, 6.07) is 3.11. The lowest BCUT2D eigenvalue weighted by Crippen LogP contribution is -2.45. The van der Waals surface area contributed by atoms with E-state index in [-0.39, 0.29) is 30.1 Å². The summed E-state index contributed by atoms with van der Waals surface area (Å²) < 4.78 is 5.25. The second kappa shape index (κ2) is 7.20. The van der Waals surface area contributed by atoms with Crippen LogP contribution in [0.2, 0.25) is 0 Å². The number of hydrogen-bond donors (Lipinski definition) is 1. The molecule has 0 spiro atoms. The number of nitrogens with one attached hydrogen (secondary N) is 1. The van der Waals surface area contributed by atoms with Crippen LogP contribution in [0.5, 0.6) is 5.75 Å². The highest BCUT2D eigenvalue weighted by atomic mass is 16.6. The van der Waals surface area contributed by atoms with E-state index in [1.165, 1.54) is 24.8 Å². The van der Waals surface area contributed by atoms with Crippen LogP contribution in [0.25, 0.3) is 0 Å². The first kappa shape index (κ1) is 16.2. The fraction of sp³-hybridized carbons (Fsp3) is 0.600. The highest BCUT2D eigenvalue weighted by molar-refractivity contribution is 5.78. The summed E-state index contributed by atoms with van der Waals surface area (Å²) in [5.41, 5.74) is 0. The average molecular weight is 307 g/mol. The van der Waals surface area contributed by atoms with Crippen LogP contribution in [0, 0.1) is 22.0 Å². The van der Waals surface area contributed by atoms with E-state index < -0.39 is 4.92 Å². The number of nitro groups is 1. The summed E-state index contributed by atoms with van der Waals surface area (Å²) >= 11 is 0. The summed E-state index contributed by atoms with van der Waals surface area (Å²) in [4.78, 5) is 25.8. The van der Waals surface area contributed by atoms with Crippen molar-refractivity contribution in [3.63, 3.8) is 0 Å². The Morgan fingerprint density at radius 3 is 3.00 bits per heavy atom. The van der Waals surface area contributed by atoms with Gasteiger partial charge in [-0.3, -0.25) is 4.79 Å². The Morgan fingerprint density at radius 1 is 1.50 bits per heavy atom. The van der Waals surface area contributed by atoms with Crippen molar-refractivity contribution >= 4 is 11.7 Å². The topological polar surface area (TPSA) is 94.4 Å². The summed E-state index contributed by atoms with van der Waals surface area (Å²) in [5.74, 6) is 0.372. The molecular weight excluding hydrogens is 286 g/mol. The van der Waals surface area contributed by atoms with Gasteiger partial charge in [-0.25, -0.2) is 0 Å². The molecule has 3 unspecified atom stereocenters. The van der Waals surface area contributed by atoms with Crippen LogP contribution in [0.4, 0.5) is 5.82 Å². The molecule has 0 aromatic carbocycles. The van der Waals surface area contributed by atoms with Gasteiger partial charge in [-0.05, 0) is 40.3 Å². The van der Waals surface area contributed by atoms with Gasteiger partial charge in [-0.2, -0.15) is 0 Å². The van der Waals surface area contributed by atoms with Gasteiger partial charge >= 0.3 is 5.82 Å². The molecule has 1 aliphatic carbocycles. The van der Waals surface area contributed by atoms with Gasteiger partial charge in [0.1, 0.15) is 6.20 Å². The van der Waals surface area contributed by atoms with Crippen molar-refractivity contribution in [1.29, 1.82) is 0 Å². The van der Waals surface area contributed by atoms with Crippen molar-refractivity contribution in [3.8, 4) is 5.75 Å². The van der Waals surface area contributed by atoms with Gasteiger partial charge in [0.15, 0.2) is 6.61 Å². The molecule has 1 saturated carbocycles. The third-order valence-corrected chi connectivity index (χ3v) is 4.34. The van der Waals surface area contributed by atoms with E-state index in [0.29, 0.717) is 11.8 Å². The molecule has 1 aromatic heterocycles. The monoisotopic (exact) mass is 307 g/mol. The maximum Gasteiger partial charge on any atom is 0.406 e. The number of aromatic nitrogens is 1. The van der Waals surface area contributed by atoms with Crippen molar-refractivity contribution < 1.29 is 14.5 Å². The number of hydrogen-bond acceptors (Lipinski definition) is 5. The molecule has 1 aliphatic rings. The van der Waals surface area contributed by atoms with Gasteiger partial charge in [-0.1, -0.05) is 26.7 Å². The second-order valence-electron chi connectivity index (χ2n) is 5.81. The zero-order chi connectivity index (χ0) is 16.1. The molecule has 3 atom stereocenters. The molecule has 120 valence electrons. The maximum absolute atomic E-state index is 12.0. The van der Waals surface area contributed by atoms with Gasteiger partial charge in [-0.15, -0.1) is 0 Å². The van der Waals surface area contributed by atoms with Gasteiger partial charge in [0.2, 0.25) is 5.75 Å². The van der Waals surface area contributed by atoms with E-state index in [0.717, 1.165) is 12.8 Å². The smallest absolute Gasteiger partial charge is 0.406 e. The molecule has 0 bridgehead atoms. The number of ether oxygens (including phenoxy) is 1. The number of pyridine rings is 1. The molecule has 1 fully saturated rings. The zero-order valence-corrected chi connectivity index (χ0v) is 12.8. The van der Waals surface area contributed by atoms with Crippen LogP contribution in [-0.2, 0) is 4.79 Å². The molecule has 7 heteroatoms. The molecule has 1 heterocycles. The van der Waals surface area contributed by atoms with Crippen LogP contribution in [0.1, 0.15) is 33.1 Å². The fourth-order valence-corrected chi connectivity index (χ4v) is 2.81. The average Bonchev–Trinajstić information content (AvgIpc) is 2.50. The number of carbonyl (C=O) groups is 1. The Balaban J connectivity index is 1.89. The van der Waals surface area contributed by atoms with Crippen LogP contribution in [0.15, 0.2) is 18.3 Å². The number of nitrogens with zero attached hydrogens (tertiary/aromatic N) is 2. The highest BCUT2D eigenvalue weighted by Crippen LogP contribution is 2.29. The Morgan fingerprint density at radius 2 is 2.27 bits per heavy atom. The molecular formula is C15H21N3O4. The van der Waals surface area contributed by atoms with Crippen molar-refractivity contribution in [3.05, 3.63) is 28.4 Å². The third kappa shape index (κ3) is 3.93. The molecule has 2 rings (SSSR count).